The summed E-state index contributed by atoms with van der Waals surface area (Å²) in [5.41, 5.74) is 4.89. The van der Waals surface area contributed by atoms with E-state index in [0.29, 0.717) is 18.9 Å². The molecule has 0 radical (unpaired) electrons. The summed E-state index contributed by atoms with van der Waals surface area (Å²) in [6.07, 6.45) is 8.51. The van der Waals surface area contributed by atoms with Crippen LogP contribution in [0.3, 0.4) is 0 Å². The van der Waals surface area contributed by atoms with Crippen molar-refractivity contribution >= 4 is 22.8 Å². The van der Waals surface area contributed by atoms with Crippen LogP contribution in [0.15, 0.2) is 41.0 Å². The molecule has 1 amide bonds. The van der Waals surface area contributed by atoms with E-state index >= 15 is 0 Å². The van der Waals surface area contributed by atoms with Gasteiger partial charge in [-0.25, -0.2) is 9.78 Å². The standard InChI is InChI=1S/C25H32N6O2/c1-16-6-8-19(17(2)13-16)23-24(26-10-4-12-30-11-3-5-22(30)32)29-25(33)31(23)18-7-9-20-21(14-18)28-15-27-20/h7,9,13-15,17,19,26H,3-6,8,10-12H2,1-2H3,(H,27,28)(H,29,33). The van der Waals surface area contributed by atoms with Gasteiger partial charge in [0, 0.05) is 32.0 Å². The molecule has 1 aliphatic heterocycles. The monoisotopic (exact) mass is 448 g/mol. The summed E-state index contributed by atoms with van der Waals surface area (Å²) in [7, 11) is 0. The van der Waals surface area contributed by atoms with Crippen LogP contribution in [0.5, 0.6) is 0 Å². The van der Waals surface area contributed by atoms with Gasteiger partial charge in [0.2, 0.25) is 5.91 Å². The molecular formula is C25H32N6O2. The lowest BCUT2D eigenvalue weighted by Gasteiger charge is -2.28. The Labute approximate surface area is 193 Å². The molecule has 0 spiro atoms. The fourth-order valence-corrected chi connectivity index (χ4v) is 5.36. The van der Waals surface area contributed by atoms with Gasteiger partial charge in [-0.1, -0.05) is 18.6 Å². The molecule has 3 N–H and O–H groups in total. The van der Waals surface area contributed by atoms with Gasteiger partial charge in [-0.2, -0.15) is 0 Å². The van der Waals surface area contributed by atoms with Crippen LogP contribution in [0.25, 0.3) is 16.7 Å². The number of aromatic amines is 2. The largest absolute Gasteiger partial charge is 0.370 e. The van der Waals surface area contributed by atoms with Gasteiger partial charge in [-0.3, -0.25) is 14.3 Å². The topological polar surface area (TPSA) is 98.8 Å². The van der Waals surface area contributed by atoms with Crippen LogP contribution < -0.4 is 11.0 Å². The van der Waals surface area contributed by atoms with E-state index < -0.39 is 0 Å². The summed E-state index contributed by atoms with van der Waals surface area (Å²) in [5, 5.41) is 3.49. The van der Waals surface area contributed by atoms with Crippen LogP contribution in [0, 0.1) is 5.92 Å². The molecule has 5 rings (SSSR count). The molecule has 2 atom stereocenters. The van der Waals surface area contributed by atoms with Crippen LogP contribution in [-0.4, -0.2) is 50.0 Å². The number of nitrogens with one attached hydrogen (secondary N) is 3. The quantitative estimate of drug-likeness (QED) is 0.377. The lowest BCUT2D eigenvalue weighted by Crippen LogP contribution is -2.27. The Morgan fingerprint density at radius 3 is 2.91 bits per heavy atom. The number of aromatic nitrogens is 4. The zero-order valence-corrected chi connectivity index (χ0v) is 19.4. The van der Waals surface area contributed by atoms with Crippen molar-refractivity contribution in [2.24, 2.45) is 5.92 Å². The molecule has 8 heteroatoms. The van der Waals surface area contributed by atoms with Gasteiger partial charge < -0.3 is 15.2 Å². The Hall–Kier alpha value is -3.29. The molecule has 1 saturated heterocycles. The van der Waals surface area contributed by atoms with Crippen molar-refractivity contribution in [2.45, 2.75) is 51.9 Å². The fraction of sp³-hybridized carbons (Fsp3) is 0.480. The highest BCUT2D eigenvalue weighted by atomic mass is 16.2. The van der Waals surface area contributed by atoms with Crippen LogP contribution >= 0.6 is 0 Å². The highest BCUT2D eigenvalue weighted by Crippen LogP contribution is 2.39. The van der Waals surface area contributed by atoms with E-state index in [2.05, 4.69) is 40.2 Å². The number of rotatable bonds is 7. The summed E-state index contributed by atoms with van der Waals surface area (Å²) in [6, 6.07) is 5.89. The smallest absolute Gasteiger partial charge is 0.331 e. The van der Waals surface area contributed by atoms with Crippen LogP contribution in [0.4, 0.5) is 5.82 Å². The number of H-pyrrole nitrogens is 2. The van der Waals surface area contributed by atoms with E-state index in [0.717, 1.165) is 67.0 Å². The third-order valence-corrected chi connectivity index (χ3v) is 7.06. The number of imidazole rings is 2. The van der Waals surface area contributed by atoms with Gasteiger partial charge in [-0.05, 0) is 56.7 Å². The molecular weight excluding hydrogens is 416 g/mol. The van der Waals surface area contributed by atoms with Crippen molar-refractivity contribution in [3.63, 3.8) is 0 Å². The third kappa shape index (κ3) is 4.21. The minimum absolute atomic E-state index is 0.139. The van der Waals surface area contributed by atoms with E-state index in [4.69, 9.17) is 0 Å². The van der Waals surface area contributed by atoms with E-state index in [1.54, 1.807) is 6.33 Å². The Morgan fingerprint density at radius 2 is 2.12 bits per heavy atom. The maximum Gasteiger partial charge on any atom is 0.331 e. The third-order valence-electron chi connectivity index (χ3n) is 7.06. The Kier molecular flexibility index (Phi) is 5.83. The van der Waals surface area contributed by atoms with Crippen LogP contribution in [-0.2, 0) is 4.79 Å². The molecule has 2 aromatic heterocycles. The summed E-state index contributed by atoms with van der Waals surface area (Å²) in [5.74, 6) is 1.61. The van der Waals surface area contributed by atoms with Gasteiger partial charge in [0.25, 0.3) is 0 Å². The maximum atomic E-state index is 13.2. The Bertz CT molecular complexity index is 1250. The average molecular weight is 449 g/mol. The highest BCUT2D eigenvalue weighted by Gasteiger charge is 2.30. The van der Waals surface area contributed by atoms with E-state index in [1.165, 1.54) is 5.57 Å². The summed E-state index contributed by atoms with van der Waals surface area (Å²) >= 11 is 0. The van der Waals surface area contributed by atoms with Crippen molar-refractivity contribution in [2.75, 3.05) is 25.0 Å². The van der Waals surface area contributed by atoms with Crippen molar-refractivity contribution in [3.8, 4) is 5.69 Å². The lowest BCUT2D eigenvalue weighted by atomic mass is 9.80. The number of benzene rings is 1. The molecule has 3 aromatic rings. The van der Waals surface area contributed by atoms with Crippen molar-refractivity contribution in [1.29, 1.82) is 0 Å². The van der Waals surface area contributed by atoms with Crippen LogP contribution in [0.2, 0.25) is 0 Å². The van der Waals surface area contributed by atoms with Crippen molar-refractivity contribution in [3.05, 3.63) is 52.4 Å². The molecule has 174 valence electrons. The average Bonchev–Trinajstić information content (AvgIpc) is 3.50. The molecule has 1 fully saturated rings. The molecule has 3 heterocycles. The second-order valence-corrected chi connectivity index (χ2v) is 9.41. The lowest BCUT2D eigenvalue weighted by molar-refractivity contribution is -0.127. The number of nitrogens with zero attached hydrogens (tertiary/aromatic N) is 3. The normalized spacial score (nSPS) is 21.1. The summed E-state index contributed by atoms with van der Waals surface area (Å²) in [6.45, 7) is 6.73. The Balaban J connectivity index is 1.45. The first kappa shape index (κ1) is 21.6. The SMILES string of the molecule is CC1=CC(C)C(c2c(NCCCN3CCCC3=O)[nH]c(=O)n2-c2ccc3nc[nH]c3c2)CC1. The minimum Gasteiger partial charge on any atom is -0.370 e. The molecule has 2 unspecified atom stereocenters. The number of anilines is 1. The Morgan fingerprint density at radius 1 is 1.24 bits per heavy atom. The van der Waals surface area contributed by atoms with E-state index in [-0.39, 0.29) is 17.5 Å². The number of carbonyl (C=O) groups excluding carboxylic acids is 1. The molecule has 1 aromatic carbocycles. The second-order valence-electron chi connectivity index (χ2n) is 9.41. The zero-order chi connectivity index (χ0) is 22.9. The minimum atomic E-state index is -0.139. The number of carbonyl (C=O) groups is 1. The summed E-state index contributed by atoms with van der Waals surface area (Å²) in [4.78, 5) is 37.6. The van der Waals surface area contributed by atoms with E-state index in [1.807, 2.05) is 27.7 Å². The first-order valence-corrected chi connectivity index (χ1v) is 12.0. The first-order chi connectivity index (χ1) is 16.0. The molecule has 0 saturated carbocycles. The van der Waals surface area contributed by atoms with Gasteiger partial charge >= 0.3 is 5.69 Å². The van der Waals surface area contributed by atoms with Gasteiger partial charge in [0.15, 0.2) is 0 Å². The van der Waals surface area contributed by atoms with Gasteiger partial charge in [0.05, 0.1) is 28.7 Å². The van der Waals surface area contributed by atoms with Crippen molar-refractivity contribution < 1.29 is 4.79 Å². The van der Waals surface area contributed by atoms with Gasteiger partial charge in [0.1, 0.15) is 5.82 Å². The van der Waals surface area contributed by atoms with Crippen molar-refractivity contribution in [1.82, 2.24) is 24.4 Å². The maximum absolute atomic E-state index is 13.2. The molecule has 1 aliphatic carbocycles. The number of likely N-dealkylation sites (tertiary alicyclic amines) is 1. The zero-order valence-electron chi connectivity index (χ0n) is 19.4. The molecule has 33 heavy (non-hydrogen) atoms. The fourth-order valence-electron chi connectivity index (χ4n) is 5.36. The van der Waals surface area contributed by atoms with Crippen LogP contribution in [0.1, 0.15) is 57.6 Å². The number of hydrogen-bond donors (Lipinski definition) is 3. The number of amides is 1. The number of fused-ring (bicyclic) bond motifs is 1. The number of hydrogen-bond acceptors (Lipinski definition) is 4. The predicted octanol–water partition coefficient (Wildman–Crippen LogP) is 3.93. The molecule has 2 aliphatic rings. The molecule has 0 bridgehead atoms. The highest BCUT2D eigenvalue weighted by molar-refractivity contribution is 5.78. The summed E-state index contributed by atoms with van der Waals surface area (Å²) < 4.78 is 1.82. The second kappa shape index (κ2) is 8.92. The number of allylic oxidation sites excluding steroid dienone is 2. The molecule has 8 nitrogen and oxygen atoms in total. The predicted molar refractivity (Wildman–Crippen MR) is 130 cm³/mol. The van der Waals surface area contributed by atoms with Gasteiger partial charge in [-0.15, -0.1) is 0 Å². The van der Waals surface area contributed by atoms with E-state index in [9.17, 15) is 9.59 Å². The first-order valence-electron chi connectivity index (χ1n) is 12.0.